The highest BCUT2D eigenvalue weighted by Crippen LogP contribution is 2.20. The number of methoxy groups -OCH3 is 1. The molecule has 0 bridgehead atoms. The van der Waals surface area contributed by atoms with Gasteiger partial charge in [0, 0.05) is 12.6 Å². The van der Waals surface area contributed by atoms with Crippen molar-refractivity contribution in [2.24, 2.45) is 5.73 Å². The maximum atomic E-state index is 13.6. The van der Waals surface area contributed by atoms with Crippen LogP contribution in [-0.2, 0) is 0 Å². The van der Waals surface area contributed by atoms with Gasteiger partial charge >= 0.3 is 0 Å². The Morgan fingerprint density at radius 2 is 2.28 bits per heavy atom. The molecule has 0 aliphatic carbocycles. The van der Waals surface area contributed by atoms with E-state index in [0.717, 1.165) is 12.8 Å². The first-order valence-corrected chi connectivity index (χ1v) is 5.92. The normalized spacial score (nSPS) is 12.0. The molecule has 0 fully saturated rings. The van der Waals surface area contributed by atoms with E-state index in [2.05, 4.69) is 5.32 Å². The third-order valence-corrected chi connectivity index (χ3v) is 2.54. The summed E-state index contributed by atoms with van der Waals surface area (Å²) in [6.45, 7) is 2.37. The van der Waals surface area contributed by atoms with Crippen molar-refractivity contribution in [3.8, 4) is 5.75 Å². The van der Waals surface area contributed by atoms with Crippen molar-refractivity contribution in [2.75, 3.05) is 13.7 Å². The number of carbonyl (C=O) groups excluding carboxylic acids is 1. The van der Waals surface area contributed by atoms with Gasteiger partial charge in [0.15, 0.2) is 0 Å². The van der Waals surface area contributed by atoms with Gasteiger partial charge in [-0.2, -0.15) is 0 Å². The summed E-state index contributed by atoms with van der Waals surface area (Å²) in [6, 6.07) is 4.39. The van der Waals surface area contributed by atoms with E-state index in [0.29, 0.717) is 6.54 Å². The number of nitrogens with one attached hydrogen (secondary N) is 1. The number of carbonyl (C=O) groups is 1. The number of benzene rings is 1. The number of rotatable bonds is 6. The highest BCUT2D eigenvalue weighted by Gasteiger charge is 2.16. The largest absolute Gasteiger partial charge is 0.496 e. The Bertz CT molecular complexity index is 408. The van der Waals surface area contributed by atoms with Crippen LogP contribution >= 0.6 is 0 Å². The van der Waals surface area contributed by atoms with Gasteiger partial charge in [-0.1, -0.05) is 6.07 Å². The SMILES string of the molecule is COc1cccc(F)c1C(=O)NCCCC(C)N. The zero-order valence-corrected chi connectivity index (χ0v) is 10.7. The summed E-state index contributed by atoms with van der Waals surface area (Å²) in [7, 11) is 1.40. The minimum Gasteiger partial charge on any atom is -0.496 e. The maximum absolute atomic E-state index is 13.6. The second-order valence-electron chi connectivity index (χ2n) is 4.19. The van der Waals surface area contributed by atoms with E-state index in [1.165, 1.54) is 19.2 Å². The Hall–Kier alpha value is -1.62. The smallest absolute Gasteiger partial charge is 0.258 e. The Morgan fingerprint density at radius 1 is 1.56 bits per heavy atom. The Labute approximate surface area is 106 Å². The quantitative estimate of drug-likeness (QED) is 0.759. The van der Waals surface area contributed by atoms with Gasteiger partial charge in [0.25, 0.3) is 5.91 Å². The van der Waals surface area contributed by atoms with E-state index >= 15 is 0 Å². The molecule has 0 radical (unpaired) electrons. The molecule has 1 unspecified atom stereocenters. The molecule has 0 aliphatic rings. The monoisotopic (exact) mass is 254 g/mol. The summed E-state index contributed by atoms with van der Waals surface area (Å²) in [4.78, 5) is 11.8. The van der Waals surface area contributed by atoms with Crippen LogP contribution in [-0.4, -0.2) is 25.6 Å². The van der Waals surface area contributed by atoms with E-state index in [4.69, 9.17) is 10.5 Å². The molecule has 0 saturated heterocycles. The fourth-order valence-corrected chi connectivity index (χ4v) is 1.61. The second-order valence-corrected chi connectivity index (χ2v) is 4.19. The Morgan fingerprint density at radius 3 is 2.89 bits per heavy atom. The van der Waals surface area contributed by atoms with Crippen molar-refractivity contribution < 1.29 is 13.9 Å². The first-order valence-electron chi connectivity index (χ1n) is 5.92. The number of hydrogen-bond acceptors (Lipinski definition) is 3. The molecular formula is C13H19FN2O2. The van der Waals surface area contributed by atoms with Crippen molar-refractivity contribution >= 4 is 5.91 Å². The lowest BCUT2D eigenvalue weighted by atomic mass is 10.1. The number of ether oxygens (including phenoxy) is 1. The Kier molecular flexibility index (Phi) is 5.58. The molecule has 1 rings (SSSR count). The van der Waals surface area contributed by atoms with Crippen molar-refractivity contribution in [2.45, 2.75) is 25.8 Å². The van der Waals surface area contributed by atoms with Gasteiger partial charge < -0.3 is 15.8 Å². The molecular weight excluding hydrogens is 235 g/mol. The first kappa shape index (κ1) is 14.4. The minimum absolute atomic E-state index is 0.0548. The average Bonchev–Trinajstić information content (AvgIpc) is 2.33. The first-order chi connectivity index (χ1) is 8.56. The summed E-state index contributed by atoms with van der Waals surface area (Å²) >= 11 is 0. The Balaban J connectivity index is 2.61. The van der Waals surface area contributed by atoms with Crippen LogP contribution in [0.4, 0.5) is 4.39 Å². The van der Waals surface area contributed by atoms with Gasteiger partial charge in [0.2, 0.25) is 0 Å². The average molecular weight is 254 g/mol. The molecule has 0 spiro atoms. The van der Waals surface area contributed by atoms with Crippen LogP contribution < -0.4 is 15.8 Å². The molecule has 18 heavy (non-hydrogen) atoms. The maximum Gasteiger partial charge on any atom is 0.258 e. The second kappa shape index (κ2) is 6.96. The van der Waals surface area contributed by atoms with Gasteiger partial charge in [0.1, 0.15) is 17.1 Å². The zero-order valence-electron chi connectivity index (χ0n) is 10.7. The molecule has 100 valence electrons. The van der Waals surface area contributed by atoms with Crippen molar-refractivity contribution in [3.63, 3.8) is 0 Å². The topological polar surface area (TPSA) is 64.3 Å². The van der Waals surface area contributed by atoms with E-state index in [1.807, 2.05) is 6.92 Å². The van der Waals surface area contributed by atoms with Gasteiger partial charge in [-0.05, 0) is 31.9 Å². The summed E-state index contributed by atoms with van der Waals surface area (Å²) in [5, 5.41) is 2.66. The highest BCUT2D eigenvalue weighted by atomic mass is 19.1. The van der Waals surface area contributed by atoms with Crippen LogP contribution in [0.15, 0.2) is 18.2 Å². The molecule has 4 nitrogen and oxygen atoms in total. The van der Waals surface area contributed by atoms with Crippen LogP contribution in [0.1, 0.15) is 30.1 Å². The number of hydrogen-bond donors (Lipinski definition) is 2. The van der Waals surface area contributed by atoms with E-state index in [-0.39, 0.29) is 17.4 Å². The highest BCUT2D eigenvalue weighted by molar-refractivity contribution is 5.97. The third kappa shape index (κ3) is 4.00. The van der Waals surface area contributed by atoms with Crippen LogP contribution in [0.2, 0.25) is 0 Å². The summed E-state index contributed by atoms with van der Waals surface area (Å²) in [6.07, 6.45) is 1.58. The van der Waals surface area contributed by atoms with Crippen molar-refractivity contribution in [3.05, 3.63) is 29.6 Å². The van der Waals surface area contributed by atoms with E-state index in [1.54, 1.807) is 6.07 Å². The molecule has 1 aromatic rings. The van der Waals surface area contributed by atoms with Crippen molar-refractivity contribution in [1.82, 2.24) is 5.32 Å². The van der Waals surface area contributed by atoms with E-state index < -0.39 is 11.7 Å². The number of halogens is 1. The summed E-state index contributed by atoms with van der Waals surface area (Å²) in [5.41, 5.74) is 5.54. The predicted octanol–water partition coefficient (Wildman–Crippen LogP) is 1.69. The van der Waals surface area contributed by atoms with Crippen LogP contribution in [0.5, 0.6) is 5.75 Å². The van der Waals surface area contributed by atoms with Gasteiger partial charge in [-0.25, -0.2) is 4.39 Å². The molecule has 0 aromatic heterocycles. The fourth-order valence-electron chi connectivity index (χ4n) is 1.61. The molecule has 5 heteroatoms. The predicted molar refractivity (Wildman–Crippen MR) is 68.2 cm³/mol. The van der Waals surface area contributed by atoms with E-state index in [9.17, 15) is 9.18 Å². The molecule has 1 aromatic carbocycles. The lowest BCUT2D eigenvalue weighted by Crippen LogP contribution is -2.27. The third-order valence-electron chi connectivity index (χ3n) is 2.54. The molecule has 1 atom stereocenters. The molecule has 1 amide bonds. The van der Waals surface area contributed by atoms with Crippen LogP contribution in [0, 0.1) is 5.82 Å². The molecule has 0 heterocycles. The minimum atomic E-state index is -0.584. The van der Waals surface area contributed by atoms with Gasteiger partial charge in [-0.15, -0.1) is 0 Å². The lowest BCUT2D eigenvalue weighted by molar-refractivity contribution is 0.0945. The molecule has 0 saturated carbocycles. The van der Waals surface area contributed by atoms with Crippen LogP contribution in [0.3, 0.4) is 0 Å². The zero-order chi connectivity index (χ0) is 13.5. The summed E-state index contributed by atoms with van der Waals surface area (Å²) < 4.78 is 18.5. The molecule has 3 N–H and O–H groups in total. The molecule has 0 aliphatic heterocycles. The fraction of sp³-hybridized carbons (Fsp3) is 0.462. The van der Waals surface area contributed by atoms with Gasteiger partial charge in [-0.3, -0.25) is 4.79 Å². The lowest BCUT2D eigenvalue weighted by Gasteiger charge is -2.10. The number of nitrogens with two attached hydrogens (primary N) is 1. The summed E-state index contributed by atoms with van der Waals surface area (Å²) in [5.74, 6) is -0.812. The van der Waals surface area contributed by atoms with Gasteiger partial charge in [0.05, 0.1) is 7.11 Å². The number of amides is 1. The van der Waals surface area contributed by atoms with Crippen molar-refractivity contribution in [1.29, 1.82) is 0 Å². The standard InChI is InChI=1S/C13H19FN2O2/c1-9(15)5-4-8-16-13(17)12-10(14)6-3-7-11(12)18-2/h3,6-7,9H,4-5,8,15H2,1-2H3,(H,16,17). The van der Waals surface area contributed by atoms with Crippen LogP contribution in [0.25, 0.3) is 0 Å².